The van der Waals surface area contributed by atoms with Gasteiger partial charge in [-0.3, -0.25) is 4.68 Å². The van der Waals surface area contributed by atoms with Crippen LogP contribution in [-0.4, -0.2) is 41.9 Å². The number of rotatable bonds is 8. The number of unbranched alkanes of at least 4 members (excludes halogenated alkanes) is 1. The summed E-state index contributed by atoms with van der Waals surface area (Å²) in [6.45, 7) is 8.20. The molecule has 0 aliphatic heterocycles. The average molecular weight is 317 g/mol. The quantitative estimate of drug-likeness (QED) is 0.748. The Morgan fingerprint density at radius 3 is 2.67 bits per heavy atom. The van der Waals surface area contributed by atoms with Gasteiger partial charge in [-0.1, -0.05) is 0 Å². The van der Waals surface area contributed by atoms with Gasteiger partial charge in [0.15, 0.2) is 0 Å². The van der Waals surface area contributed by atoms with Crippen molar-refractivity contribution in [3.05, 3.63) is 15.9 Å². The second kappa shape index (κ2) is 7.92. The molecule has 0 unspecified atom stereocenters. The van der Waals surface area contributed by atoms with E-state index in [2.05, 4.69) is 56.9 Å². The van der Waals surface area contributed by atoms with Crippen molar-refractivity contribution in [1.29, 1.82) is 0 Å². The van der Waals surface area contributed by atoms with Gasteiger partial charge in [-0.25, -0.2) is 0 Å². The fourth-order valence-electron chi connectivity index (χ4n) is 1.92. The van der Waals surface area contributed by atoms with Crippen molar-refractivity contribution in [2.45, 2.75) is 39.8 Å². The van der Waals surface area contributed by atoms with Gasteiger partial charge in [0.1, 0.15) is 0 Å². The number of halogens is 1. The third-order valence-electron chi connectivity index (χ3n) is 2.95. The molecule has 0 bridgehead atoms. The summed E-state index contributed by atoms with van der Waals surface area (Å²) in [4.78, 5) is 2.23. The van der Waals surface area contributed by atoms with Crippen LogP contribution in [0.2, 0.25) is 0 Å². The van der Waals surface area contributed by atoms with Gasteiger partial charge >= 0.3 is 0 Å². The first-order chi connectivity index (χ1) is 8.56. The molecule has 104 valence electrons. The molecular formula is C13H25BrN4. The summed E-state index contributed by atoms with van der Waals surface area (Å²) in [6, 6.07) is 0. The van der Waals surface area contributed by atoms with Crippen molar-refractivity contribution in [3.8, 4) is 0 Å². The second-order valence-corrected chi connectivity index (χ2v) is 5.64. The van der Waals surface area contributed by atoms with Gasteiger partial charge in [0, 0.05) is 13.1 Å². The lowest BCUT2D eigenvalue weighted by molar-refractivity contribution is 0.391. The number of nitrogens with zero attached hydrogens (tertiary/aromatic N) is 3. The van der Waals surface area contributed by atoms with E-state index >= 15 is 0 Å². The summed E-state index contributed by atoms with van der Waals surface area (Å²) in [6.07, 6.45) is 2.46. The van der Waals surface area contributed by atoms with E-state index < -0.39 is 0 Å². The molecular weight excluding hydrogens is 292 g/mol. The number of hydrogen-bond donors (Lipinski definition) is 1. The molecule has 1 aromatic heterocycles. The molecule has 0 spiro atoms. The fourth-order valence-corrected chi connectivity index (χ4v) is 2.35. The van der Waals surface area contributed by atoms with Gasteiger partial charge in [0.2, 0.25) is 0 Å². The Kier molecular flexibility index (Phi) is 6.89. The molecule has 4 nitrogen and oxygen atoms in total. The molecule has 0 aliphatic rings. The lowest BCUT2D eigenvalue weighted by Gasteiger charge is -2.10. The summed E-state index contributed by atoms with van der Waals surface area (Å²) in [5.41, 5.74) is 2.32. The molecule has 0 aliphatic carbocycles. The summed E-state index contributed by atoms with van der Waals surface area (Å²) in [7, 11) is 4.24. The number of aryl methyl sites for hydroxylation is 2. The van der Waals surface area contributed by atoms with Crippen LogP contribution in [0.25, 0.3) is 0 Å². The molecule has 5 heteroatoms. The van der Waals surface area contributed by atoms with Crippen LogP contribution in [0.15, 0.2) is 4.47 Å². The molecule has 0 amide bonds. The van der Waals surface area contributed by atoms with Crippen LogP contribution in [0.5, 0.6) is 0 Å². The predicted molar refractivity (Wildman–Crippen MR) is 79.8 cm³/mol. The zero-order valence-corrected chi connectivity index (χ0v) is 13.5. The molecule has 1 heterocycles. The smallest absolute Gasteiger partial charge is 0.0739 e. The Labute approximate surface area is 119 Å². The van der Waals surface area contributed by atoms with E-state index in [1.165, 1.54) is 18.5 Å². The summed E-state index contributed by atoms with van der Waals surface area (Å²) in [5.74, 6) is 0. The minimum atomic E-state index is 0.886. The van der Waals surface area contributed by atoms with Crippen molar-refractivity contribution in [2.24, 2.45) is 0 Å². The van der Waals surface area contributed by atoms with E-state index in [9.17, 15) is 0 Å². The van der Waals surface area contributed by atoms with Crippen LogP contribution in [0.1, 0.15) is 31.2 Å². The maximum absolute atomic E-state index is 4.49. The first-order valence-electron chi connectivity index (χ1n) is 6.63. The van der Waals surface area contributed by atoms with Gasteiger partial charge in [-0.15, -0.1) is 0 Å². The van der Waals surface area contributed by atoms with Gasteiger partial charge in [-0.2, -0.15) is 5.10 Å². The summed E-state index contributed by atoms with van der Waals surface area (Å²) >= 11 is 3.61. The summed E-state index contributed by atoms with van der Waals surface area (Å²) < 4.78 is 3.21. The Morgan fingerprint density at radius 2 is 2.06 bits per heavy atom. The van der Waals surface area contributed by atoms with E-state index in [-0.39, 0.29) is 0 Å². The molecule has 0 aromatic carbocycles. The maximum atomic E-state index is 4.49. The molecule has 0 saturated heterocycles. The highest BCUT2D eigenvalue weighted by atomic mass is 79.9. The third kappa shape index (κ3) is 4.71. The van der Waals surface area contributed by atoms with Crippen molar-refractivity contribution < 1.29 is 0 Å². The molecule has 0 fully saturated rings. The van der Waals surface area contributed by atoms with E-state index in [1.807, 2.05) is 6.92 Å². The lowest BCUT2D eigenvalue weighted by atomic mass is 10.3. The molecule has 0 saturated carbocycles. The van der Waals surface area contributed by atoms with Crippen LogP contribution in [0, 0.1) is 6.92 Å². The maximum Gasteiger partial charge on any atom is 0.0739 e. The Balaban J connectivity index is 2.31. The Bertz CT molecular complexity index is 360. The molecule has 1 aromatic rings. The highest BCUT2D eigenvalue weighted by Crippen LogP contribution is 2.20. The van der Waals surface area contributed by atoms with E-state index in [4.69, 9.17) is 0 Å². The van der Waals surface area contributed by atoms with Crippen molar-refractivity contribution in [3.63, 3.8) is 0 Å². The first-order valence-corrected chi connectivity index (χ1v) is 7.42. The Hall–Kier alpha value is -0.390. The van der Waals surface area contributed by atoms with Crippen LogP contribution >= 0.6 is 15.9 Å². The zero-order chi connectivity index (χ0) is 13.5. The summed E-state index contributed by atoms with van der Waals surface area (Å²) in [5, 5.41) is 7.98. The highest BCUT2D eigenvalue weighted by Gasteiger charge is 2.10. The monoisotopic (exact) mass is 316 g/mol. The van der Waals surface area contributed by atoms with E-state index in [0.717, 1.165) is 36.3 Å². The predicted octanol–water partition coefficient (Wildman–Crippen LogP) is 2.41. The minimum absolute atomic E-state index is 0.886. The van der Waals surface area contributed by atoms with Gasteiger partial charge in [0.05, 0.1) is 15.9 Å². The third-order valence-corrected chi connectivity index (χ3v) is 3.99. The van der Waals surface area contributed by atoms with Crippen LogP contribution in [0.4, 0.5) is 0 Å². The molecule has 0 atom stereocenters. The highest BCUT2D eigenvalue weighted by molar-refractivity contribution is 9.10. The second-order valence-electron chi connectivity index (χ2n) is 4.85. The van der Waals surface area contributed by atoms with Crippen molar-refractivity contribution in [2.75, 3.05) is 27.2 Å². The number of hydrogen-bond acceptors (Lipinski definition) is 3. The minimum Gasteiger partial charge on any atom is -0.311 e. The number of aromatic nitrogens is 2. The molecule has 1 N–H and O–H groups in total. The van der Waals surface area contributed by atoms with Crippen LogP contribution in [0.3, 0.4) is 0 Å². The standard InChI is InChI=1S/C13H25BrN4/c1-5-18-12(13(14)11(2)16-18)10-15-8-6-7-9-17(3)4/h15H,5-10H2,1-4H3. The first kappa shape index (κ1) is 15.7. The SMILES string of the molecule is CCn1nc(C)c(Br)c1CNCCCCN(C)C. The van der Waals surface area contributed by atoms with E-state index in [0.29, 0.717) is 0 Å². The van der Waals surface area contributed by atoms with E-state index in [1.54, 1.807) is 0 Å². The van der Waals surface area contributed by atoms with Crippen molar-refractivity contribution in [1.82, 2.24) is 20.0 Å². The van der Waals surface area contributed by atoms with Gasteiger partial charge in [-0.05, 0) is 69.8 Å². The molecule has 0 radical (unpaired) electrons. The molecule has 18 heavy (non-hydrogen) atoms. The fraction of sp³-hybridized carbons (Fsp3) is 0.769. The largest absolute Gasteiger partial charge is 0.311 e. The van der Waals surface area contributed by atoms with Crippen molar-refractivity contribution >= 4 is 15.9 Å². The number of nitrogens with one attached hydrogen (secondary N) is 1. The topological polar surface area (TPSA) is 33.1 Å². The lowest BCUT2D eigenvalue weighted by Crippen LogP contribution is -2.20. The Morgan fingerprint density at radius 1 is 1.33 bits per heavy atom. The zero-order valence-electron chi connectivity index (χ0n) is 12.0. The average Bonchev–Trinajstić information content (AvgIpc) is 2.60. The van der Waals surface area contributed by atoms with Crippen LogP contribution < -0.4 is 5.32 Å². The van der Waals surface area contributed by atoms with Gasteiger partial charge < -0.3 is 10.2 Å². The normalized spacial score (nSPS) is 11.4. The van der Waals surface area contributed by atoms with Crippen LogP contribution in [-0.2, 0) is 13.1 Å². The van der Waals surface area contributed by atoms with Gasteiger partial charge in [0.25, 0.3) is 0 Å². The molecule has 1 rings (SSSR count).